The van der Waals surface area contributed by atoms with Gasteiger partial charge < -0.3 is 9.88 Å². The number of nitrogens with zero attached hydrogens (tertiary/aromatic N) is 2. The zero-order chi connectivity index (χ0) is 14.3. The van der Waals surface area contributed by atoms with Crippen LogP contribution in [0.15, 0.2) is 16.2 Å². The molecule has 4 nitrogen and oxygen atoms in total. The standard InChI is InChI=1S/C14H19N3OS2/c1-16(2)14(6-3-4-7-14)9-17-12(18)10-5-8-20-11(10)15-13(17)19/h5,8H,3-4,6-7,9H2,1-2H3,(H,15,19). The molecule has 0 bridgehead atoms. The highest BCUT2D eigenvalue weighted by Gasteiger charge is 2.36. The van der Waals surface area contributed by atoms with Crippen molar-refractivity contribution < 1.29 is 0 Å². The number of nitrogens with one attached hydrogen (secondary N) is 1. The minimum Gasteiger partial charge on any atom is -0.323 e. The number of aromatic amines is 1. The van der Waals surface area contributed by atoms with Gasteiger partial charge in [0.25, 0.3) is 5.56 Å². The first-order chi connectivity index (χ1) is 9.53. The highest BCUT2D eigenvalue weighted by molar-refractivity contribution is 7.71. The first-order valence-corrected chi connectivity index (χ1v) is 8.20. The van der Waals surface area contributed by atoms with Crippen LogP contribution in [0, 0.1) is 4.77 Å². The fraction of sp³-hybridized carbons (Fsp3) is 0.571. The Balaban J connectivity index is 2.10. The van der Waals surface area contributed by atoms with E-state index >= 15 is 0 Å². The molecule has 0 amide bonds. The second kappa shape index (κ2) is 5.09. The molecule has 1 N–H and O–H groups in total. The summed E-state index contributed by atoms with van der Waals surface area (Å²) in [6.07, 6.45) is 4.71. The molecule has 1 aliphatic rings. The van der Waals surface area contributed by atoms with E-state index in [1.54, 1.807) is 4.57 Å². The van der Waals surface area contributed by atoms with Gasteiger partial charge in [0.15, 0.2) is 4.77 Å². The van der Waals surface area contributed by atoms with Crippen LogP contribution in [0.3, 0.4) is 0 Å². The van der Waals surface area contributed by atoms with Crippen molar-refractivity contribution in [2.24, 2.45) is 0 Å². The van der Waals surface area contributed by atoms with Crippen LogP contribution in [-0.4, -0.2) is 34.1 Å². The maximum atomic E-state index is 12.6. The smallest absolute Gasteiger partial charge is 0.263 e. The summed E-state index contributed by atoms with van der Waals surface area (Å²) in [7, 11) is 4.21. The number of hydrogen-bond acceptors (Lipinski definition) is 4. The highest BCUT2D eigenvalue weighted by atomic mass is 32.1. The molecule has 1 fully saturated rings. The Morgan fingerprint density at radius 2 is 2.15 bits per heavy atom. The predicted molar refractivity (Wildman–Crippen MR) is 86.2 cm³/mol. The van der Waals surface area contributed by atoms with E-state index in [-0.39, 0.29) is 11.1 Å². The molecule has 2 heterocycles. The average Bonchev–Trinajstić information content (AvgIpc) is 3.03. The largest absolute Gasteiger partial charge is 0.323 e. The van der Waals surface area contributed by atoms with Crippen LogP contribution in [0.4, 0.5) is 0 Å². The van der Waals surface area contributed by atoms with Crippen LogP contribution >= 0.6 is 23.6 Å². The molecule has 2 aromatic rings. The molecule has 0 spiro atoms. The summed E-state index contributed by atoms with van der Waals surface area (Å²) in [5.74, 6) is 0. The Morgan fingerprint density at radius 3 is 2.80 bits per heavy atom. The van der Waals surface area contributed by atoms with Crippen molar-refractivity contribution >= 4 is 33.8 Å². The maximum Gasteiger partial charge on any atom is 0.263 e. The van der Waals surface area contributed by atoms with Gasteiger partial charge in [0.2, 0.25) is 0 Å². The first-order valence-electron chi connectivity index (χ1n) is 6.91. The number of rotatable bonds is 3. The number of fused-ring (bicyclic) bond motifs is 1. The van der Waals surface area contributed by atoms with E-state index in [4.69, 9.17) is 12.2 Å². The summed E-state index contributed by atoms with van der Waals surface area (Å²) in [4.78, 5) is 19.0. The Morgan fingerprint density at radius 1 is 1.45 bits per heavy atom. The van der Waals surface area contributed by atoms with Gasteiger partial charge in [0.05, 0.1) is 5.39 Å². The van der Waals surface area contributed by atoms with Crippen LogP contribution in [0.25, 0.3) is 10.2 Å². The van der Waals surface area contributed by atoms with Gasteiger partial charge >= 0.3 is 0 Å². The SMILES string of the molecule is CN(C)C1(Cn2c(=S)[nH]c3sccc3c2=O)CCCC1. The molecular formula is C14H19N3OS2. The third-order valence-electron chi connectivity index (χ3n) is 4.54. The van der Waals surface area contributed by atoms with Crippen molar-refractivity contribution in [2.75, 3.05) is 14.1 Å². The first kappa shape index (κ1) is 14.0. The Kier molecular flexibility index (Phi) is 3.56. The summed E-state index contributed by atoms with van der Waals surface area (Å²) in [6, 6.07) is 1.88. The molecule has 6 heteroatoms. The van der Waals surface area contributed by atoms with Gasteiger partial charge in [-0.25, -0.2) is 0 Å². The van der Waals surface area contributed by atoms with Gasteiger partial charge in [0.1, 0.15) is 4.83 Å². The lowest BCUT2D eigenvalue weighted by Gasteiger charge is -2.36. The number of thiophene rings is 1. The van der Waals surface area contributed by atoms with Crippen LogP contribution < -0.4 is 5.56 Å². The molecule has 3 rings (SSSR count). The lowest BCUT2D eigenvalue weighted by atomic mass is 9.96. The molecular weight excluding hydrogens is 290 g/mol. The number of hydrogen-bond donors (Lipinski definition) is 1. The van der Waals surface area contributed by atoms with E-state index in [0.29, 0.717) is 11.3 Å². The summed E-state index contributed by atoms with van der Waals surface area (Å²) < 4.78 is 2.29. The molecule has 108 valence electrons. The normalized spacial score (nSPS) is 18.1. The van der Waals surface area contributed by atoms with Gasteiger partial charge in [-0.15, -0.1) is 11.3 Å². The Hall–Kier alpha value is -0.980. The van der Waals surface area contributed by atoms with Crippen molar-refractivity contribution in [3.05, 3.63) is 26.6 Å². The molecule has 0 saturated heterocycles. The molecule has 0 aromatic carbocycles. The van der Waals surface area contributed by atoms with Crippen molar-refractivity contribution in [3.8, 4) is 0 Å². The molecule has 20 heavy (non-hydrogen) atoms. The van der Waals surface area contributed by atoms with E-state index in [1.165, 1.54) is 24.2 Å². The van der Waals surface area contributed by atoms with Crippen LogP contribution in [-0.2, 0) is 6.54 Å². The monoisotopic (exact) mass is 309 g/mol. The minimum absolute atomic E-state index is 0.0399. The van der Waals surface area contributed by atoms with Crippen LogP contribution in [0.1, 0.15) is 25.7 Å². The van der Waals surface area contributed by atoms with Crippen molar-refractivity contribution in [3.63, 3.8) is 0 Å². The van der Waals surface area contributed by atoms with Crippen LogP contribution in [0.5, 0.6) is 0 Å². The molecule has 2 aromatic heterocycles. The topological polar surface area (TPSA) is 41.0 Å². The zero-order valence-electron chi connectivity index (χ0n) is 11.8. The maximum absolute atomic E-state index is 12.6. The summed E-state index contributed by atoms with van der Waals surface area (Å²) in [5, 5.41) is 2.68. The fourth-order valence-electron chi connectivity index (χ4n) is 3.19. The Bertz CT molecular complexity index is 735. The fourth-order valence-corrected chi connectivity index (χ4v) is 4.29. The molecule has 0 unspecified atom stereocenters. The van der Waals surface area contributed by atoms with Gasteiger partial charge in [0, 0.05) is 12.1 Å². The third kappa shape index (κ3) is 2.16. The number of aromatic nitrogens is 2. The van der Waals surface area contributed by atoms with Crippen molar-refractivity contribution in [1.29, 1.82) is 0 Å². The zero-order valence-corrected chi connectivity index (χ0v) is 13.4. The second-order valence-electron chi connectivity index (χ2n) is 5.81. The number of H-pyrrole nitrogens is 1. The molecule has 1 saturated carbocycles. The summed E-state index contributed by atoms with van der Waals surface area (Å²) in [5.41, 5.74) is 0.104. The second-order valence-corrected chi connectivity index (χ2v) is 7.11. The molecule has 0 radical (unpaired) electrons. The van der Waals surface area contributed by atoms with Crippen molar-refractivity contribution in [2.45, 2.75) is 37.8 Å². The van der Waals surface area contributed by atoms with E-state index in [0.717, 1.165) is 23.1 Å². The van der Waals surface area contributed by atoms with E-state index in [2.05, 4.69) is 24.0 Å². The van der Waals surface area contributed by atoms with Gasteiger partial charge in [-0.2, -0.15) is 0 Å². The predicted octanol–water partition coefficient (Wildman–Crippen LogP) is 2.99. The lowest BCUT2D eigenvalue weighted by molar-refractivity contribution is 0.131. The summed E-state index contributed by atoms with van der Waals surface area (Å²) in [6.45, 7) is 0.681. The molecule has 1 aliphatic carbocycles. The summed E-state index contributed by atoms with van der Waals surface area (Å²) >= 11 is 6.93. The average molecular weight is 309 g/mol. The quantitative estimate of drug-likeness (QED) is 0.886. The van der Waals surface area contributed by atoms with Gasteiger partial charge in [-0.1, -0.05) is 12.8 Å². The van der Waals surface area contributed by atoms with Crippen molar-refractivity contribution in [1.82, 2.24) is 14.5 Å². The lowest BCUT2D eigenvalue weighted by Crippen LogP contribution is -2.47. The van der Waals surface area contributed by atoms with E-state index in [1.807, 2.05) is 11.4 Å². The van der Waals surface area contributed by atoms with E-state index in [9.17, 15) is 4.79 Å². The molecule has 0 atom stereocenters. The molecule has 0 aliphatic heterocycles. The number of likely N-dealkylation sites (N-methyl/N-ethyl adjacent to an activating group) is 1. The van der Waals surface area contributed by atoms with Gasteiger partial charge in [-0.05, 0) is 50.6 Å². The van der Waals surface area contributed by atoms with Crippen LogP contribution in [0.2, 0.25) is 0 Å². The minimum atomic E-state index is 0.0399. The third-order valence-corrected chi connectivity index (χ3v) is 5.69. The van der Waals surface area contributed by atoms with E-state index < -0.39 is 0 Å². The van der Waals surface area contributed by atoms with Gasteiger partial charge in [-0.3, -0.25) is 9.36 Å². The Labute approximate surface area is 127 Å². The highest BCUT2D eigenvalue weighted by Crippen LogP contribution is 2.35.